The van der Waals surface area contributed by atoms with Crippen LogP contribution in [-0.2, 0) is 15.5 Å². The first-order valence-corrected chi connectivity index (χ1v) is 10.9. The Balaban J connectivity index is 1.53. The molecule has 1 aliphatic rings. The van der Waals surface area contributed by atoms with Gasteiger partial charge in [-0.3, -0.25) is 9.00 Å². The number of morpholine rings is 1. The van der Waals surface area contributed by atoms with Crippen molar-refractivity contribution in [3.05, 3.63) is 64.3 Å². The van der Waals surface area contributed by atoms with Crippen LogP contribution < -0.4 is 15.1 Å². The fraction of sp³-hybridized carbons (Fsp3) is 0.318. The van der Waals surface area contributed by atoms with Gasteiger partial charge in [-0.15, -0.1) is 0 Å². The van der Waals surface area contributed by atoms with Gasteiger partial charge in [-0.05, 0) is 31.2 Å². The van der Waals surface area contributed by atoms with Crippen LogP contribution in [0.5, 0.6) is 5.75 Å². The van der Waals surface area contributed by atoms with Crippen molar-refractivity contribution in [3.63, 3.8) is 0 Å². The topological polar surface area (TPSA) is 69.0 Å². The second-order valence-corrected chi connectivity index (χ2v) is 8.40. The Morgan fingerprint density at radius 1 is 1.10 bits per heavy atom. The van der Waals surface area contributed by atoms with Gasteiger partial charge in [0.25, 0.3) is 0 Å². The van der Waals surface area contributed by atoms with Crippen molar-refractivity contribution >= 4 is 27.7 Å². The van der Waals surface area contributed by atoms with Gasteiger partial charge >= 0.3 is 0 Å². The molecule has 6 nitrogen and oxygen atoms in total. The molecule has 152 valence electrons. The van der Waals surface area contributed by atoms with Gasteiger partial charge in [0.05, 0.1) is 35.2 Å². The fourth-order valence-electron chi connectivity index (χ4n) is 3.34. The third kappa shape index (κ3) is 4.36. The van der Waals surface area contributed by atoms with Crippen LogP contribution in [0.2, 0.25) is 0 Å². The fourth-order valence-corrected chi connectivity index (χ4v) is 4.27. The maximum atomic E-state index is 12.6. The molecule has 1 atom stereocenters. The van der Waals surface area contributed by atoms with E-state index in [1.54, 1.807) is 12.1 Å². The number of hydrogen-bond donors (Lipinski definition) is 0. The minimum Gasteiger partial charge on any atom is -0.492 e. The first-order chi connectivity index (χ1) is 14.1. The predicted octanol–water partition coefficient (Wildman–Crippen LogP) is 3.12. The number of anilines is 1. The van der Waals surface area contributed by atoms with Crippen LogP contribution in [0.25, 0.3) is 11.0 Å². The Morgan fingerprint density at radius 2 is 1.86 bits per heavy atom. The van der Waals surface area contributed by atoms with E-state index in [4.69, 9.17) is 13.9 Å². The lowest BCUT2D eigenvalue weighted by molar-refractivity contribution is 0.121. The van der Waals surface area contributed by atoms with Crippen LogP contribution in [0.15, 0.2) is 62.6 Å². The normalized spacial score (nSPS) is 15.4. The minimum atomic E-state index is -1.12. The summed E-state index contributed by atoms with van der Waals surface area (Å²) < 4.78 is 29.7. The molecule has 0 saturated carbocycles. The first-order valence-electron chi connectivity index (χ1n) is 9.60. The zero-order chi connectivity index (χ0) is 20.2. The SMILES string of the molecule is Cc1c(OCCS(=O)c2ccccc2)ccc2c(=O)cc(N3CCOCC3)oc12. The second-order valence-electron chi connectivity index (χ2n) is 6.82. The van der Waals surface area contributed by atoms with Gasteiger partial charge in [-0.25, -0.2) is 0 Å². The van der Waals surface area contributed by atoms with Crippen molar-refractivity contribution in [3.8, 4) is 5.75 Å². The Hall–Kier alpha value is -2.64. The molecule has 0 spiro atoms. The number of rotatable bonds is 6. The average Bonchev–Trinajstić information content (AvgIpc) is 2.76. The summed E-state index contributed by atoms with van der Waals surface area (Å²) in [5.41, 5.74) is 1.22. The standard InChI is InChI=1S/C22H23NO5S/c1-16-20(27-13-14-29(25)17-5-3-2-4-6-17)8-7-18-19(24)15-21(28-22(16)18)23-9-11-26-12-10-23/h2-8,15H,9-14H2,1H3. The summed E-state index contributed by atoms with van der Waals surface area (Å²) in [5, 5.41) is 0.528. The van der Waals surface area contributed by atoms with Gasteiger partial charge in [0.1, 0.15) is 17.9 Å². The molecule has 0 bridgehead atoms. The maximum absolute atomic E-state index is 12.6. The number of aryl methyl sites for hydroxylation is 1. The Labute approximate surface area is 171 Å². The van der Waals surface area contributed by atoms with Gasteiger partial charge in [-0.2, -0.15) is 0 Å². The van der Waals surface area contributed by atoms with Crippen molar-refractivity contribution in [1.29, 1.82) is 0 Å². The molecule has 1 aromatic heterocycles. The minimum absolute atomic E-state index is 0.0763. The smallest absolute Gasteiger partial charge is 0.200 e. The van der Waals surface area contributed by atoms with Crippen molar-refractivity contribution in [2.24, 2.45) is 0 Å². The van der Waals surface area contributed by atoms with E-state index in [0.717, 1.165) is 10.5 Å². The highest BCUT2D eigenvalue weighted by Gasteiger charge is 2.17. The summed E-state index contributed by atoms with van der Waals surface area (Å²) in [5.74, 6) is 1.57. The summed E-state index contributed by atoms with van der Waals surface area (Å²) in [6.07, 6.45) is 0. The van der Waals surface area contributed by atoms with Gasteiger partial charge < -0.3 is 18.8 Å². The number of nitrogens with zero attached hydrogens (tertiary/aromatic N) is 1. The summed E-state index contributed by atoms with van der Waals surface area (Å²) in [7, 11) is -1.12. The predicted molar refractivity (Wildman–Crippen MR) is 113 cm³/mol. The number of ether oxygens (including phenoxy) is 2. The Morgan fingerprint density at radius 3 is 2.62 bits per heavy atom. The van der Waals surface area contributed by atoms with Gasteiger partial charge in [0, 0.05) is 29.6 Å². The lowest BCUT2D eigenvalue weighted by Gasteiger charge is -2.27. The molecule has 0 aliphatic carbocycles. The highest BCUT2D eigenvalue weighted by Crippen LogP contribution is 2.29. The van der Waals surface area contributed by atoms with E-state index in [-0.39, 0.29) is 5.43 Å². The molecule has 1 fully saturated rings. The van der Waals surface area contributed by atoms with E-state index < -0.39 is 10.8 Å². The molecule has 1 aliphatic heterocycles. The molecule has 1 saturated heterocycles. The van der Waals surface area contributed by atoms with Gasteiger partial charge in [-0.1, -0.05) is 18.2 Å². The van der Waals surface area contributed by atoms with Crippen molar-refractivity contribution in [2.45, 2.75) is 11.8 Å². The summed E-state index contributed by atoms with van der Waals surface area (Å²) in [6.45, 7) is 4.79. The molecule has 0 amide bonds. The number of hydrogen-bond acceptors (Lipinski definition) is 6. The largest absolute Gasteiger partial charge is 0.492 e. The Bertz CT molecular complexity index is 1070. The first kappa shape index (κ1) is 19.7. The Kier molecular flexibility index (Phi) is 5.97. The summed E-state index contributed by atoms with van der Waals surface area (Å²) >= 11 is 0. The third-order valence-corrected chi connectivity index (χ3v) is 6.27. The molecule has 7 heteroatoms. The van der Waals surface area contributed by atoms with E-state index in [1.165, 1.54) is 6.07 Å². The molecule has 0 radical (unpaired) electrons. The van der Waals surface area contributed by atoms with Crippen molar-refractivity contribution in [1.82, 2.24) is 0 Å². The molecular formula is C22H23NO5S. The lowest BCUT2D eigenvalue weighted by atomic mass is 10.1. The van der Waals surface area contributed by atoms with Crippen LogP contribution in [-0.4, -0.2) is 42.9 Å². The molecule has 2 heterocycles. The number of benzene rings is 2. The highest BCUT2D eigenvalue weighted by atomic mass is 32.2. The lowest BCUT2D eigenvalue weighted by Crippen LogP contribution is -2.36. The van der Waals surface area contributed by atoms with E-state index in [1.807, 2.05) is 42.2 Å². The second kappa shape index (κ2) is 8.80. The average molecular weight is 413 g/mol. The zero-order valence-corrected chi connectivity index (χ0v) is 17.1. The van der Waals surface area contributed by atoms with E-state index in [0.29, 0.717) is 61.3 Å². The maximum Gasteiger partial charge on any atom is 0.200 e. The van der Waals surface area contributed by atoms with Gasteiger partial charge in [0.2, 0.25) is 0 Å². The summed E-state index contributed by atoms with van der Waals surface area (Å²) in [4.78, 5) is 15.4. The van der Waals surface area contributed by atoms with Crippen LogP contribution >= 0.6 is 0 Å². The molecule has 0 N–H and O–H groups in total. The van der Waals surface area contributed by atoms with E-state index >= 15 is 0 Å². The van der Waals surface area contributed by atoms with Crippen molar-refractivity contribution < 1.29 is 18.1 Å². The highest BCUT2D eigenvalue weighted by molar-refractivity contribution is 7.85. The van der Waals surface area contributed by atoms with Crippen LogP contribution in [0.1, 0.15) is 5.56 Å². The van der Waals surface area contributed by atoms with E-state index in [2.05, 4.69) is 0 Å². The molecule has 1 unspecified atom stereocenters. The van der Waals surface area contributed by atoms with Crippen molar-refractivity contribution in [2.75, 3.05) is 43.6 Å². The summed E-state index contributed by atoms with van der Waals surface area (Å²) in [6, 6.07) is 14.4. The monoisotopic (exact) mass is 413 g/mol. The van der Waals surface area contributed by atoms with Gasteiger partial charge in [0.15, 0.2) is 11.3 Å². The molecular weight excluding hydrogens is 390 g/mol. The molecule has 29 heavy (non-hydrogen) atoms. The van der Waals surface area contributed by atoms with Crippen LogP contribution in [0.4, 0.5) is 5.88 Å². The molecule has 3 aromatic rings. The number of fused-ring (bicyclic) bond motifs is 1. The molecule has 4 rings (SSSR count). The quantitative estimate of drug-likeness (QED) is 0.619. The molecule has 2 aromatic carbocycles. The van der Waals surface area contributed by atoms with Crippen LogP contribution in [0.3, 0.4) is 0 Å². The van der Waals surface area contributed by atoms with Crippen LogP contribution in [0, 0.1) is 6.92 Å². The third-order valence-electron chi connectivity index (χ3n) is 4.94. The zero-order valence-electron chi connectivity index (χ0n) is 16.3. The van der Waals surface area contributed by atoms with E-state index in [9.17, 15) is 9.00 Å².